The first kappa shape index (κ1) is 16.8. The maximum Gasteiger partial charge on any atom is 0.332 e. The van der Waals surface area contributed by atoms with Crippen molar-refractivity contribution in [3.05, 3.63) is 24.4 Å². The smallest absolute Gasteiger partial charge is 0.332 e. The van der Waals surface area contributed by atoms with Gasteiger partial charge in [0.15, 0.2) is 0 Å². The van der Waals surface area contributed by atoms with E-state index in [-0.39, 0.29) is 17.4 Å². The van der Waals surface area contributed by atoms with Gasteiger partial charge in [-0.3, -0.25) is 0 Å². The van der Waals surface area contributed by atoms with Crippen molar-refractivity contribution in [3.8, 4) is 0 Å². The standard InChI is InChI=1S/C17H29NO2/c1-5-6-7-8-9-13-16(19)20-18-14-11-10-12-15(18)17(2,3)4/h10-12,14-15H,5-9,13H2,1-4H3. The van der Waals surface area contributed by atoms with Crippen molar-refractivity contribution < 1.29 is 9.63 Å². The first-order valence-electron chi connectivity index (χ1n) is 7.79. The molecule has 114 valence electrons. The van der Waals surface area contributed by atoms with Crippen LogP contribution in [0.4, 0.5) is 0 Å². The van der Waals surface area contributed by atoms with E-state index < -0.39 is 0 Å². The lowest BCUT2D eigenvalue weighted by Crippen LogP contribution is -2.41. The van der Waals surface area contributed by atoms with Gasteiger partial charge in [-0.25, -0.2) is 9.86 Å². The van der Waals surface area contributed by atoms with E-state index in [9.17, 15) is 4.79 Å². The van der Waals surface area contributed by atoms with E-state index >= 15 is 0 Å². The van der Waals surface area contributed by atoms with Crippen LogP contribution < -0.4 is 0 Å². The number of hydroxylamine groups is 2. The Morgan fingerprint density at radius 2 is 1.85 bits per heavy atom. The van der Waals surface area contributed by atoms with Crippen LogP contribution in [0.25, 0.3) is 0 Å². The molecule has 0 saturated carbocycles. The minimum Gasteiger partial charge on any atom is -0.341 e. The summed E-state index contributed by atoms with van der Waals surface area (Å²) in [4.78, 5) is 17.4. The number of rotatable bonds is 7. The molecule has 3 heteroatoms. The Balaban J connectivity index is 2.36. The van der Waals surface area contributed by atoms with Crippen molar-refractivity contribution in [2.24, 2.45) is 5.41 Å². The Morgan fingerprint density at radius 3 is 2.50 bits per heavy atom. The summed E-state index contributed by atoms with van der Waals surface area (Å²) in [7, 11) is 0. The minimum atomic E-state index is -0.129. The van der Waals surface area contributed by atoms with E-state index in [1.165, 1.54) is 19.3 Å². The second-order valence-electron chi connectivity index (χ2n) is 6.52. The lowest BCUT2D eigenvalue weighted by molar-refractivity contribution is -0.190. The van der Waals surface area contributed by atoms with Crippen LogP contribution in [0.2, 0.25) is 0 Å². The number of carbonyl (C=O) groups is 1. The second-order valence-corrected chi connectivity index (χ2v) is 6.52. The number of nitrogens with zero attached hydrogens (tertiary/aromatic N) is 1. The molecular weight excluding hydrogens is 250 g/mol. The molecule has 0 bridgehead atoms. The highest BCUT2D eigenvalue weighted by Gasteiger charge is 2.30. The average Bonchev–Trinajstić information content (AvgIpc) is 2.38. The summed E-state index contributed by atoms with van der Waals surface area (Å²) in [5.74, 6) is -0.129. The van der Waals surface area contributed by atoms with E-state index in [0.717, 1.165) is 12.8 Å². The fourth-order valence-electron chi connectivity index (χ4n) is 2.28. The molecule has 0 spiro atoms. The van der Waals surface area contributed by atoms with Crippen LogP contribution in [0.15, 0.2) is 24.4 Å². The van der Waals surface area contributed by atoms with Gasteiger partial charge in [0.25, 0.3) is 0 Å². The van der Waals surface area contributed by atoms with Crippen LogP contribution in [0.5, 0.6) is 0 Å². The molecule has 0 radical (unpaired) electrons. The van der Waals surface area contributed by atoms with Gasteiger partial charge in [-0.2, -0.15) is 0 Å². The van der Waals surface area contributed by atoms with Gasteiger partial charge >= 0.3 is 5.97 Å². The molecule has 0 aromatic heterocycles. The van der Waals surface area contributed by atoms with Gasteiger partial charge in [0, 0.05) is 12.6 Å². The fraction of sp³-hybridized carbons (Fsp3) is 0.706. The fourth-order valence-corrected chi connectivity index (χ4v) is 2.28. The minimum absolute atomic E-state index is 0.0304. The molecule has 0 aromatic carbocycles. The lowest BCUT2D eigenvalue weighted by atomic mass is 9.85. The third-order valence-corrected chi connectivity index (χ3v) is 3.49. The van der Waals surface area contributed by atoms with Gasteiger partial charge in [0.2, 0.25) is 0 Å². The van der Waals surface area contributed by atoms with E-state index in [1.807, 2.05) is 18.4 Å². The summed E-state index contributed by atoms with van der Waals surface area (Å²) in [5, 5.41) is 1.69. The Hall–Kier alpha value is -1.25. The van der Waals surface area contributed by atoms with Crippen molar-refractivity contribution in [1.82, 2.24) is 5.06 Å². The number of allylic oxidation sites excluding steroid dienone is 2. The first-order chi connectivity index (χ1) is 9.45. The zero-order valence-electron chi connectivity index (χ0n) is 13.4. The largest absolute Gasteiger partial charge is 0.341 e. The van der Waals surface area contributed by atoms with E-state index in [4.69, 9.17) is 4.84 Å². The third-order valence-electron chi connectivity index (χ3n) is 3.49. The molecule has 1 rings (SSSR count). The van der Waals surface area contributed by atoms with E-state index in [2.05, 4.69) is 33.8 Å². The molecule has 1 aliphatic rings. The van der Waals surface area contributed by atoms with Gasteiger partial charge in [0.1, 0.15) is 0 Å². The van der Waals surface area contributed by atoms with E-state index in [0.29, 0.717) is 6.42 Å². The van der Waals surface area contributed by atoms with Gasteiger partial charge in [-0.1, -0.05) is 65.5 Å². The monoisotopic (exact) mass is 279 g/mol. The average molecular weight is 279 g/mol. The predicted molar refractivity (Wildman–Crippen MR) is 82.8 cm³/mol. The Kier molecular flexibility index (Phi) is 6.83. The van der Waals surface area contributed by atoms with Gasteiger partial charge in [0.05, 0.1) is 6.04 Å². The molecule has 0 amide bonds. The molecule has 1 atom stereocenters. The zero-order chi connectivity index (χ0) is 15.0. The summed E-state index contributed by atoms with van der Waals surface area (Å²) in [6.45, 7) is 8.63. The van der Waals surface area contributed by atoms with Crippen LogP contribution in [-0.4, -0.2) is 17.1 Å². The van der Waals surface area contributed by atoms with Crippen molar-refractivity contribution in [3.63, 3.8) is 0 Å². The van der Waals surface area contributed by atoms with Crippen molar-refractivity contribution in [2.45, 2.75) is 72.3 Å². The SMILES string of the molecule is CCCCCCCC(=O)ON1C=CC=CC1C(C)(C)C. The molecule has 1 aliphatic heterocycles. The van der Waals surface area contributed by atoms with Gasteiger partial charge in [-0.05, 0) is 17.9 Å². The van der Waals surface area contributed by atoms with Crippen LogP contribution in [0.1, 0.15) is 66.2 Å². The van der Waals surface area contributed by atoms with Crippen LogP contribution in [-0.2, 0) is 9.63 Å². The molecule has 0 fully saturated rings. The number of carbonyl (C=O) groups excluding carboxylic acids is 1. The highest BCUT2D eigenvalue weighted by molar-refractivity contribution is 5.69. The Labute approximate surface area is 123 Å². The molecule has 0 saturated heterocycles. The lowest BCUT2D eigenvalue weighted by Gasteiger charge is -2.37. The maximum atomic E-state index is 11.9. The van der Waals surface area contributed by atoms with Gasteiger partial charge < -0.3 is 4.84 Å². The summed E-state index contributed by atoms with van der Waals surface area (Å²) in [6.07, 6.45) is 14.0. The molecule has 0 aromatic rings. The molecule has 1 heterocycles. The normalized spacial score (nSPS) is 18.4. The summed E-state index contributed by atoms with van der Waals surface area (Å²) >= 11 is 0. The first-order valence-corrected chi connectivity index (χ1v) is 7.79. The highest BCUT2D eigenvalue weighted by Crippen LogP contribution is 2.28. The third kappa shape index (κ3) is 5.81. The summed E-state index contributed by atoms with van der Waals surface area (Å²) in [5.41, 5.74) is 0.0304. The predicted octanol–water partition coefficient (Wildman–Crippen LogP) is 4.61. The van der Waals surface area contributed by atoms with Crippen molar-refractivity contribution in [1.29, 1.82) is 0 Å². The molecule has 1 unspecified atom stereocenters. The molecule has 3 nitrogen and oxygen atoms in total. The second kappa shape index (κ2) is 8.13. The quantitative estimate of drug-likeness (QED) is 0.638. The number of hydrogen-bond acceptors (Lipinski definition) is 3. The maximum absolute atomic E-state index is 11.9. The van der Waals surface area contributed by atoms with Crippen LogP contribution in [0.3, 0.4) is 0 Å². The molecule has 0 aliphatic carbocycles. The Morgan fingerprint density at radius 1 is 1.15 bits per heavy atom. The van der Waals surface area contributed by atoms with Crippen LogP contribution in [0, 0.1) is 5.41 Å². The molecule has 0 N–H and O–H groups in total. The van der Waals surface area contributed by atoms with E-state index in [1.54, 1.807) is 5.06 Å². The topological polar surface area (TPSA) is 29.5 Å². The zero-order valence-corrected chi connectivity index (χ0v) is 13.4. The number of hydrogen-bond donors (Lipinski definition) is 0. The van der Waals surface area contributed by atoms with Gasteiger partial charge in [-0.15, -0.1) is 0 Å². The molecular formula is C17H29NO2. The summed E-state index contributed by atoms with van der Waals surface area (Å²) < 4.78 is 0. The number of unbranched alkanes of at least 4 members (excludes halogenated alkanes) is 4. The Bertz CT molecular complexity index is 352. The van der Waals surface area contributed by atoms with Crippen molar-refractivity contribution in [2.75, 3.05) is 0 Å². The highest BCUT2D eigenvalue weighted by atomic mass is 16.7. The van der Waals surface area contributed by atoms with Crippen LogP contribution >= 0.6 is 0 Å². The summed E-state index contributed by atoms with van der Waals surface area (Å²) in [6, 6.07) is 0.0940. The molecule has 20 heavy (non-hydrogen) atoms. The van der Waals surface area contributed by atoms with Crippen molar-refractivity contribution >= 4 is 5.97 Å².